The van der Waals surface area contributed by atoms with Crippen molar-refractivity contribution in [1.82, 2.24) is 78.4 Å². The van der Waals surface area contributed by atoms with Crippen molar-refractivity contribution in [2.24, 2.45) is 40.3 Å². The fourth-order valence-electron chi connectivity index (χ4n) is 13.3. The minimum absolute atomic E-state index is 0.00913. The molecule has 8 aromatic rings. The average molecular weight is 1610 g/mol. The van der Waals surface area contributed by atoms with Crippen molar-refractivity contribution in [1.29, 1.82) is 10.8 Å². The van der Waals surface area contributed by atoms with E-state index >= 15 is 24.0 Å². The average Bonchev–Trinajstić information content (AvgIpc) is 1.73. The third kappa shape index (κ3) is 27.7. The second-order valence-electron chi connectivity index (χ2n) is 28.4. The number of amides is 10. The number of carbonyl (C=O) groups excluding carboxylic acids is 10. The number of para-hydroxylation sites is 4. The van der Waals surface area contributed by atoms with E-state index < -0.39 is 131 Å². The third-order valence-electron chi connectivity index (χ3n) is 19.7. The first-order chi connectivity index (χ1) is 55.1. The summed E-state index contributed by atoms with van der Waals surface area (Å²) in [4.78, 5) is 169. The number of guanidine groups is 2. The first-order valence-electron chi connectivity index (χ1n) is 38.5. The highest BCUT2D eigenvalue weighted by Gasteiger charge is 2.38. The summed E-state index contributed by atoms with van der Waals surface area (Å²) in [5.41, 5.74) is 40.4. The molecule has 35 nitrogen and oxygen atoms in total. The molecule has 0 aliphatic rings. The molecule has 8 rings (SSSR count). The number of aromatic nitrogens is 4. The molecule has 0 fully saturated rings. The van der Waals surface area contributed by atoms with Crippen LogP contribution in [0.25, 0.3) is 43.6 Å². The van der Waals surface area contributed by atoms with Gasteiger partial charge in [0.1, 0.15) is 54.4 Å². The normalized spacial score (nSPS) is 14.1. The highest BCUT2D eigenvalue weighted by atomic mass is 32.1. The van der Waals surface area contributed by atoms with Gasteiger partial charge in [0.25, 0.3) is 5.97 Å². The highest BCUT2D eigenvalue weighted by Crippen LogP contribution is 2.25. The second-order valence-corrected chi connectivity index (χ2v) is 28.7. The number of nitrogens with one attached hydrogen (secondary N) is 17. The molecule has 11 atom stereocenters. The molecule has 0 unspecified atom stereocenters. The molecule has 0 bridgehead atoms. The van der Waals surface area contributed by atoms with Gasteiger partial charge in [-0.1, -0.05) is 93.1 Å². The monoisotopic (exact) mass is 1610 g/mol. The number of aliphatic carboxylic acids is 1. The van der Waals surface area contributed by atoms with Crippen molar-refractivity contribution in [3.05, 3.63) is 144 Å². The molecule has 0 aliphatic carbocycles. The second kappa shape index (κ2) is 45.6. The maximum atomic E-state index is 15.6. The van der Waals surface area contributed by atoms with Gasteiger partial charge >= 0.3 is 0 Å². The van der Waals surface area contributed by atoms with Crippen molar-refractivity contribution in [3.63, 3.8) is 0 Å². The van der Waals surface area contributed by atoms with Gasteiger partial charge in [-0.15, -0.1) is 0 Å². The summed E-state index contributed by atoms with van der Waals surface area (Å²) in [5, 5.41) is 56.7. The number of primary amides is 1. The van der Waals surface area contributed by atoms with E-state index in [0.717, 1.165) is 28.7 Å². The molecule has 10 amide bonds. The lowest BCUT2D eigenvalue weighted by Gasteiger charge is -2.30. The Morgan fingerprint density at radius 2 is 0.678 bits per heavy atom. The molecule has 4 aromatic heterocycles. The summed E-state index contributed by atoms with van der Waals surface area (Å²) in [7, 11) is 0. The van der Waals surface area contributed by atoms with Crippen LogP contribution in [0.3, 0.4) is 0 Å². The Bertz CT molecular complexity index is 4630. The zero-order valence-electron chi connectivity index (χ0n) is 64.9. The summed E-state index contributed by atoms with van der Waals surface area (Å²) in [6.07, 6.45) is 8.64. The van der Waals surface area contributed by atoms with Crippen molar-refractivity contribution in [3.8, 4) is 0 Å². The lowest BCUT2D eigenvalue weighted by Crippen LogP contribution is -2.61. The van der Waals surface area contributed by atoms with Gasteiger partial charge in [-0.25, -0.2) is 0 Å². The van der Waals surface area contributed by atoms with E-state index in [1.807, 2.05) is 91.0 Å². The number of aromatic amines is 4. The molecule has 620 valence electrons. The summed E-state index contributed by atoms with van der Waals surface area (Å²) in [6, 6.07) is 15.9. The van der Waals surface area contributed by atoms with Crippen LogP contribution in [0.15, 0.2) is 122 Å². The van der Waals surface area contributed by atoms with Crippen LogP contribution in [0, 0.1) is 16.7 Å². The summed E-state index contributed by atoms with van der Waals surface area (Å²) in [6.45, 7) is 5.37. The molecule has 4 heterocycles. The smallest absolute Gasteiger partial charge is 0.300 e. The van der Waals surface area contributed by atoms with Crippen LogP contribution in [-0.4, -0.2) is 194 Å². The SMILES string of the molecule is CC(=O)O.CC[C@H](C)[C@H](NC(=O)[C@H](Cc1c[nH]c2ccccc12)NC(=O)[C@H](CCCCN)NC(=O)[C@H](Cc1c[nH]c2ccccc12)NC(=O)[C@H](Cc1c[nH]c2ccccc12)NC(=O)[C@H](CCCNC(=N)N)NC(=O)[C@H](CCCCN)NC(=O)[C@@H](N)CS)C(=O)N[C@@H](CCCNC(=N)N)C(=O)N[C@@H](Cc1c[nH]c2ccccc12)C(N)=O. The molecule has 4 aromatic carbocycles. The molecule has 0 radical (unpaired) electrons. The molecule has 0 spiro atoms. The number of unbranched alkanes of at least 4 members (excludes halogenated alkanes) is 2. The van der Waals surface area contributed by atoms with Crippen LogP contribution in [0.4, 0.5) is 0 Å². The quantitative estimate of drug-likeness (QED) is 0.0109. The molecular formula is C79H111N23O12S. The van der Waals surface area contributed by atoms with Crippen molar-refractivity contribution >= 4 is 133 Å². The van der Waals surface area contributed by atoms with Gasteiger partial charge in [0.2, 0.25) is 59.1 Å². The number of nitrogens with two attached hydrogens (primary N) is 6. The lowest BCUT2D eigenvalue weighted by atomic mass is 9.96. The van der Waals surface area contributed by atoms with Crippen LogP contribution >= 0.6 is 12.6 Å². The maximum absolute atomic E-state index is 15.6. The topological polar surface area (TPSA) is 607 Å². The Hall–Kier alpha value is -12.0. The minimum Gasteiger partial charge on any atom is -0.481 e. The number of fused-ring (bicyclic) bond motifs is 4. The Morgan fingerprint density at radius 1 is 0.409 bits per heavy atom. The number of rotatable bonds is 46. The first kappa shape index (κ1) is 90.2. The molecule has 0 saturated heterocycles. The number of hydrogen-bond acceptors (Lipinski definition) is 17. The van der Waals surface area contributed by atoms with Gasteiger partial charge in [0.05, 0.1) is 6.04 Å². The zero-order chi connectivity index (χ0) is 83.7. The van der Waals surface area contributed by atoms with E-state index in [1.54, 1.807) is 44.7 Å². The summed E-state index contributed by atoms with van der Waals surface area (Å²) < 4.78 is 0. The van der Waals surface area contributed by atoms with Gasteiger partial charge in [-0.3, -0.25) is 63.6 Å². The van der Waals surface area contributed by atoms with Gasteiger partial charge in [-0.2, -0.15) is 12.6 Å². The highest BCUT2D eigenvalue weighted by molar-refractivity contribution is 7.80. The summed E-state index contributed by atoms with van der Waals surface area (Å²) >= 11 is 4.15. The van der Waals surface area contributed by atoms with Gasteiger partial charge < -0.3 is 118 Å². The Morgan fingerprint density at radius 3 is 0.983 bits per heavy atom. The predicted octanol–water partition coefficient (Wildman–Crippen LogP) is 0.910. The largest absolute Gasteiger partial charge is 0.481 e. The third-order valence-corrected chi connectivity index (χ3v) is 20.1. The Kier molecular flexibility index (Phi) is 35.8. The number of hydrogen-bond donors (Lipinski definition) is 25. The number of carbonyl (C=O) groups is 11. The van der Waals surface area contributed by atoms with Crippen molar-refractivity contribution in [2.45, 2.75) is 178 Å². The van der Waals surface area contributed by atoms with Crippen LogP contribution in [-0.2, 0) is 78.4 Å². The molecule has 36 heteroatoms. The van der Waals surface area contributed by atoms with Crippen LogP contribution in [0.5, 0.6) is 0 Å². The van der Waals surface area contributed by atoms with Gasteiger partial charge in [-0.05, 0) is 130 Å². The fourth-order valence-corrected chi connectivity index (χ4v) is 13.4. The van der Waals surface area contributed by atoms with Crippen LogP contribution in [0.1, 0.15) is 114 Å². The molecule has 0 saturated carbocycles. The molecule has 30 N–H and O–H groups in total. The first-order valence-corrected chi connectivity index (χ1v) is 39.1. The predicted molar refractivity (Wildman–Crippen MR) is 443 cm³/mol. The molecule has 115 heavy (non-hydrogen) atoms. The summed E-state index contributed by atoms with van der Waals surface area (Å²) in [5.74, 6) is -10.0. The standard InChI is InChI=1S/C77H107N23O10S.C2H4O2/c1-3-43(2)65(75(110)95-60(29-17-33-87-77(84)85)69(104)96-61(66(81)101)34-44-38-88-53-22-8-4-18-48(44)53)100-74(109)64(37-47-41-91-56-25-11-7-21-51(47)56)98-70(105)58(27-13-15-31-79)94-72(107)62(35-45-39-89-54-23-9-5-19-49(45)54)99-73(108)63(36-46-40-90-55-24-10-6-20-50(46)55)97-71(106)59(28-16-32-86-76(82)83)93-68(103)57(26-12-14-30-78)92-67(102)52(80)42-111;1-2(3)4/h4-11,18-25,38-41,43,52,57-65,88-91,111H,3,12-17,26-37,42,78-80H2,1-2H3,(H2,81,101)(H,92,102)(H,93,103)(H,94,107)(H,95,110)(H,96,104)(H,97,106)(H,98,105)(H,99,108)(H,100,109)(H4,82,83,86)(H4,84,85,87);1H3,(H,3,4)/t43-,52-,57-,58-,59-,60-,61-,62-,63-,64-,65-;/m0./s1. The number of H-pyrrole nitrogens is 4. The number of carboxylic acid groups (broad SMARTS) is 1. The number of carboxylic acids is 1. The van der Waals surface area contributed by atoms with Gasteiger partial charge in [0.15, 0.2) is 11.9 Å². The lowest BCUT2D eigenvalue weighted by molar-refractivity contribution is -0.136. The number of thiol groups is 1. The van der Waals surface area contributed by atoms with E-state index in [-0.39, 0.29) is 108 Å². The van der Waals surface area contributed by atoms with E-state index in [0.29, 0.717) is 76.3 Å². The van der Waals surface area contributed by atoms with E-state index in [1.165, 1.54) is 0 Å². The zero-order valence-corrected chi connectivity index (χ0v) is 65.8. The van der Waals surface area contributed by atoms with Crippen molar-refractivity contribution in [2.75, 3.05) is 31.9 Å². The van der Waals surface area contributed by atoms with Gasteiger partial charge in [0, 0.05) is 120 Å². The maximum Gasteiger partial charge on any atom is 0.300 e. The van der Waals surface area contributed by atoms with Crippen molar-refractivity contribution < 1.29 is 57.8 Å². The van der Waals surface area contributed by atoms with Crippen LogP contribution in [0.2, 0.25) is 0 Å². The van der Waals surface area contributed by atoms with Crippen LogP contribution < -0.4 is 92.9 Å². The fraction of sp³-hybridized carbons (Fsp3) is 0.430. The molecule has 0 aliphatic heterocycles. The minimum atomic E-state index is -1.50. The van der Waals surface area contributed by atoms with E-state index in [4.69, 9.17) is 55.1 Å². The van der Waals surface area contributed by atoms with E-state index in [2.05, 4.69) is 91.0 Å². The Balaban J connectivity index is 0.00000447. The molecular weight excluding hydrogens is 1500 g/mol. The number of benzene rings is 4. The Labute approximate surface area is 671 Å². The van der Waals surface area contributed by atoms with E-state index in [9.17, 15) is 24.0 Å².